The highest BCUT2D eigenvalue weighted by Gasteiger charge is 2.59. The average Bonchev–Trinajstić information content (AvgIpc) is 3.80. The monoisotopic (exact) mass is 677 g/mol. The summed E-state index contributed by atoms with van der Waals surface area (Å²) in [4.78, 5) is 25.2. The molecule has 0 heterocycles. The molecule has 0 N–H and O–H groups in total. The molecule has 4 fully saturated rings. The van der Waals surface area contributed by atoms with Crippen LogP contribution in [0.15, 0.2) is 23.8 Å². The maximum Gasteiger partial charge on any atom is 0.309 e. The van der Waals surface area contributed by atoms with E-state index in [1.165, 1.54) is 77.0 Å². The minimum Gasteiger partial charge on any atom is -0.465 e. The van der Waals surface area contributed by atoms with Crippen LogP contribution in [0.4, 0.5) is 0 Å². The van der Waals surface area contributed by atoms with Gasteiger partial charge in [0.2, 0.25) is 0 Å². The summed E-state index contributed by atoms with van der Waals surface area (Å²) in [5, 5.41) is 0. The molecule has 0 aromatic heterocycles. The molecular formula is C45H72O4. The number of allylic oxidation sites excluding steroid dienone is 3. The lowest BCUT2D eigenvalue weighted by Gasteiger charge is -2.58. The molecular weight excluding hydrogens is 604 g/mol. The molecule has 2 bridgehead atoms. The van der Waals surface area contributed by atoms with E-state index < -0.39 is 0 Å². The van der Waals surface area contributed by atoms with Crippen LogP contribution in [-0.4, -0.2) is 24.6 Å². The highest BCUT2D eigenvalue weighted by Crippen LogP contribution is 2.67. The molecule has 11 atom stereocenters. The quantitative estimate of drug-likeness (QED) is 0.0874. The molecule has 4 heteroatoms. The van der Waals surface area contributed by atoms with Crippen molar-refractivity contribution in [3.63, 3.8) is 0 Å². The van der Waals surface area contributed by atoms with Gasteiger partial charge in [0.25, 0.3) is 0 Å². The molecule has 4 saturated carbocycles. The second kappa shape index (κ2) is 16.4. The standard InChI is InChI=1S/C45H72O4/c1-31(2)14-13-15-32(3)39-21-22-40-37-20-19-35-30-36(23-25-44(35,4)41(37)24-26-45(39,40)5)49-42(46)16-11-9-7-6-8-10-12-27-48-43(47)38-29-33-17-18-34(38)28-33/h17-19,31-34,36-41H,6-16,20-30H2,1-5H3/t32-,33?,34?,36?,37?,38?,39-,40?,41?,44+,45-/m1/s1. The van der Waals surface area contributed by atoms with E-state index in [4.69, 9.17) is 9.47 Å². The van der Waals surface area contributed by atoms with Crippen LogP contribution in [0.25, 0.3) is 0 Å². The highest BCUT2D eigenvalue weighted by molar-refractivity contribution is 5.74. The van der Waals surface area contributed by atoms with Gasteiger partial charge in [0.15, 0.2) is 0 Å². The number of carbonyl (C=O) groups excluding carboxylic acids is 2. The summed E-state index contributed by atoms with van der Waals surface area (Å²) in [5.74, 6) is 6.38. The lowest BCUT2D eigenvalue weighted by Crippen LogP contribution is -2.51. The van der Waals surface area contributed by atoms with Gasteiger partial charge in [0.05, 0.1) is 12.5 Å². The van der Waals surface area contributed by atoms with Gasteiger partial charge in [-0.3, -0.25) is 9.59 Å². The summed E-state index contributed by atoms with van der Waals surface area (Å²) in [7, 11) is 0. The Kier molecular flexibility index (Phi) is 12.4. The second-order valence-corrected chi connectivity index (χ2v) is 18.9. The van der Waals surface area contributed by atoms with Crippen molar-refractivity contribution < 1.29 is 19.1 Å². The van der Waals surface area contributed by atoms with Gasteiger partial charge in [-0.25, -0.2) is 0 Å². The third-order valence-corrected chi connectivity index (χ3v) is 15.4. The first-order valence-electron chi connectivity index (χ1n) is 21.3. The summed E-state index contributed by atoms with van der Waals surface area (Å²) in [5.41, 5.74) is 2.47. The number of fused-ring (bicyclic) bond motifs is 7. The summed E-state index contributed by atoms with van der Waals surface area (Å²) in [6.45, 7) is 13.2. The fourth-order valence-electron chi connectivity index (χ4n) is 12.6. The number of ether oxygens (including phenoxy) is 2. The van der Waals surface area contributed by atoms with E-state index in [9.17, 15) is 9.59 Å². The summed E-state index contributed by atoms with van der Waals surface area (Å²) in [6.07, 6.45) is 31.9. The van der Waals surface area contributed by atoms with Crippen molar-refractivity contribution in [2.45, 2.75) is 176 Å². The van der Waals surface area contributed by atoms with E-state index in [-0.39, 0.29) is 24.0 Å². The van der Waals surface area contributed by atoms with Crippen LogP contribution in [0.1, 0.15) is 169 Å². The van der Waals surface area contributed by atoms with E-state index in [1.807, 2.05) is 0 Å². The first kappa shape index (κ1) is 37.2. The van der Waals surface area contributed by atoms with Crippen LogP contribution in [0, 0.1) is 64.1 Å². The topological polar surface area (TPSA) is 52.6 Å². The number of hydrogen-bond donors (Lipinski definition) is 0. The normalized spacial score (nSPS) is 38.1. The van der Waals surface area contributed by atoms with Crippen molar-refractivity contribution in [2.24, 2.45) is 64.1 Å². The van der Waals surface area contributed by atoms with Crippen molar-refractivity contribution in [1.29, 1.82) is 0 Å². The predicted octanol–water partition coefficient (Wildman–Crippen LogP) is 11.8. The molecule has 0 saturated heterocycles. The predicted molar refractivity (Wildman–Crippen MR) is 200 cm³/mol. The van der Waals surface area contributed by atoms with Gasteiger partial charge in [-0.05, 0) is 129 Å². The molecule has 0 aromatic carbocycles. The Morgan fingerprint density at radius 2 is 1.61 bits per heavy atom. The molecule has 0 spiro atoms. The van der Waals surface area contributed by atoms with E-state index in [0.717, 1.165) is 86.9 Å². The van der Waals surface area contributed by atoms with Crippen molar-refractivity contribution in [2.75, 3.05) is 6.61 Å². The summed E-state index contributed by atoms with van der Waals surface area (Å²) in [6, 6.07) is 0. The minimum absolute atomic E-state index is 0.0172. The third-order valence-electron chi connectivity index (χ3n) is 15.4. The molecule has 49 heavy (non-hydrogen) atoms. The number of carbonyl (C=O) groups is 2. The largest absolute Gasteiger partial charge is 0.465 e. The van der Waals surface area contributed by atoms with Crippen LogP contribution < -0.4 is 0 Å². The van der Waals surface area contributed by atoms with E-state index >= 15 is 0 Å². The average molecular weight is 677 g/mol. The zero-order valence-corrected chi connectivity index (χ0v) is 32.2. The molecule has 7 unspecified atom stereocenters. The lowest BCUT2D eigenvalue weighted by molar-refractivity contribution is -0.152. The van der Waals surface area contributed by atoms with Crippen LogP contribution in [0.5, 0.6) is 0 Å². The molecule has 4 nitrogen and oxygen atoms in total. The fraction of sp³-hybridized carbons (Fsp3) is 0.867. The van der Waals surface area contributed by atoms with E-state index in [0.29, 0.717) is 35.7 Å². The Morgan fingerprint density at radius 3 is 2.35 bits per heavy atom. The Bertz CT molecular complexity index is 1180. The first-order valence-corrected chi connectivity index (χ1v) is 21.3. The summed E-state index contributed by atoms with van der Waals surface area (Å²) < 4.78 is 11.7. The Morgan fingerprint density at radius 1 is 0.837 bits per heavy atom. The van der Waals surface area contributed by atoms with Gasteiger partial charge in [-0.15, -0.1) is 0 Å². The zero-order valence-electron chi connectivity index (χ0n) is 32.2. The van der Waals surface area contributed by atoms with Crippen molar-refractivity contribution in [3.8, 4) is 0 Å². The van der Waals surface area contributed by atoms with E-state index in [2.05, 4.69) is 52.8 Å². The van der Waals surface area contributed by atoms with Crippen LogP contribution in [-0.2, 0) is 19.1 Å². The Balaban J connectivity index is 0.851. The lowest BCUT2D eigenvalue weighted by atomic mass is 9.47. The second-order valence-electron chi connectivity index (χ2n) is 18.9. The van der Waals surface area contributed by atoms with Crippen molar-refractivity contribution in [1.82, 2.24) is 0 Å². The number of unbranched alkanes of at least 4 members (excludes halogenated alkanes) is 6. The molecule has 276 valence electrons. The van der Waals surface area contributed by atoms with Crippen molar-refractivity contribution in [3.05, 3.63) is 23.8 Å². The maximum atomic E-state index is 12.8. The van der Waals surface area contributed by atoms with Gasteiger partial charge < -0.3 is 9.47 Å². The number of hydrogen-bond acceptors (Lipinski definition) is 4. The molecule has 0 amide bonds. The van der Waals surface area contributed by atoms with Gasteiger partial charge in [0, 0.05) is 12.8 Å². The first-order chi connectivity index (χ1) is 23.6. The molecule has 0 aliphatic heterocycles. The molecule has 6 rings (SSSR count). The minimum atomic E-state index is 0.0172. The zero-order chi connectivity index (χ0) is 34.6. The van der Waals surface area contributed by atoms with Gasteiger partial charge in [0.1, 0.15) is 6.10 Å². The highest BCUT2D eigenvalue weighted by atomic mass is 16.5. The molecule has 6 aliphatic carbocycles. The van der Waals surface area contributed by atoms with Crippen molar-refractivity contribution >= 4 is 11.9 Å². The SMILES string of the molecule is CC(C)CCC[C@@H](C)[C@H]1CCC2C3CC=C4CC(OC(=O)CCCCCCCCCOC(=O)C5CC6C=CC5C6)CC[C@]4(C)C3CC[C@@]21C. The molecule has 6 aliphatic rings. The Hall–Kier alpha value is -1.58. The van der Waals surface area contributed by atoms with Crippen LogP contribution in [0.2, 0.25) is 0 Å². The maximum absolute atomic E-state index is 12.8. The number of rotatable bonds is 17. The molecule has 0 radical (unpaired) electrons. The smallest absolute Gasteiger partial charge is 0.309 e. The van der Waals surface area contributed by atoms with E-state index in [1.54, 1.807) is 5.57 Å². The van der Waals surface area contributed by atoms with Gasteiger partial charge in [-0.2, -0.15) is 0 Å². The van der Waals surface area contributed by atoms with Gasteiger partial charge in [-0.1, -0.05) is 110 Å². The Labute approximate surface area is 300 Å². The summed E-state index contributed by atoms with van der Waals surface area (Å²) >= 11 is 0. The molecule has 0 aromatic rings. The fourth-order valence-corrected chi connectivity index (χ4v) is 12.6. The van der Waals surface area contributed by atoms with Crippen LogP contribution in [0.3, 0.4) is 0 Å². The number of esters is 2. The van der Waals surface area contributed by atoms with Gasteiger partial charge >= 0.3 is 11.9 Å². The third kappa shape index (κ3) is 8.40. The van der Waals surface area contributed by atoms with Crippen LogP contribution >= 0.6 is 0 Å².